The average Bonchev–Trinajstić information content (AvgIpc) is 2.14. The lowest BCUT2D eigenvalue weighted by atomic mass is 10.1. The Bertz CT molecular complexity index is 126. The van der Waals surface area contributed by atoms with Gasteiger partial charge in [-0.05, 0) is 6.42 Å². The molecular formula is C5H10N2O2. The fraction of sp³-hybridized carbons (Fsp3) is 0.800. The van der Waals surface area contributed by atoms with Crippen molar-refractivity contribution in [2.45, 2.75) is 12.6 Å². The second kappa shape index (κ2) is 2.33. The summed E-state index contributed by atoms with van der Waals surface area (Å²) in [5.41, 5.74) is 4.97. The van der Waals surface area contributed by atoms with Gasteiger partial charge in [-0.3, -0.25) is 10.1 Å². The molecule has 4 nitrogen and oxygen atoms in total. The van der Waals surface area contributed by atoms with E-state index in [2.05, 4.69) is 5.32 Å². The standard InChI is InChI=1S/C5H10N2O2/c6-5(9)3-1-4(8)7-2-3/h3-4,7-8H,1-2H2,(H2,6,9). The van der Waals surface area contributed by atoms with Crippen molar-refractivity contribution in [2.75, 3.05) is 6.54 Å². The van der Waals surface area contributed by atoms with Crippen molar-refractivity contribution in [2.24, 2.45) is 11.7 Å². The number of primary amides is 1. The van der Waals surface area contributed by atoms with Gasteiger partial charge in [-0.25, -0.2) is 0 Å². The number of aliphatic hydroxyl groups is 1. The first-order chi connectivity index (χ1) is 4.20. The maximum atomic E-state index is 10.4. The lowest BCUT2D eigenvalue weighted by Crippen LogP contribution is -2.25. The molecule has 0 aromatic carbocycles. The predicted molar refractivity (Wildman–Crippen MR) is 31.3 cm³/mol. The van der Waals surface area contributed by atoms with Crippen LogP contribution in [0, 0.1) is 5.92 Å². The molecule has 0 saturated carbocycles. The van der Waals surface area contributed by atoms with Gasteiger partial charge in [0.1, 0.15) is 6.23 Å². The second-order valence-electron chi connectivity index (χ2n) is 2.26. The van der Waals surface area contributed by atoms with Gasteiger partial charge < -0.3 is 10.8 Å². The van der Waals surface area contributed by atoms with Crippen molar-refractivity contribution in [1.29, 1.82) is 0 Å². The summed E-state index contributed by atoms with van der Waals surface area (Å²) in [7, 11) is 0. The van der Waals surface area contributed by atoms with Crippen LogP contribution in [0.1, 0.15) is 6.42 Å². The lowest BCUT2D eigenvalue weighted by Gasteiger charge is -1.99. The van der Waals surface area contributed by atoms with E-state index in [1.807, 2.05) is 0 Å². The van der Waals surface area contributed by atoms with Crippen LogP contribution in [0.3, 0.4) is 0 Å². The molecule has 0 radical (unpaired) electrons. The molecule has 52 valence electrons. The van der Waals surface area contributed by atoms with Crippen LogP contribution in [-0.2, 0) is 4.79 Å². The first kappa shape index (κ1) is 6.51. The Morgan fingerprint density at radius 3 is 2.67 bits per heavy atom. The van der Waals surface area contributed by atoms with Gasteiger partial charge in [0, 0.05) is 6.54 Å². The highest BCUT2D eigenvalue weighted by molar-refractivity contribution is 5.77. The Balaban J connectivity index is 2.39. The van der Waals surface area contributed by atoms with Gasteiger partial charge in [0.05, 0.1) is 5.92 Å². The molecule has 4 N–H and O–H groups in total. The maximum Gasteiger partial charge on any atom is 0.221 e. The third kappa shape index (κ3) is 1.40. The van der Waals surface area contributed by atoms with Gasteiger partial charge >= 0.3 is 0 Å². The zero-order chi connectivity index (χ0) is 6.85. The zero-order valence-corrected chi connectivity index (χ0v) is 5.00. The van der Waals surface area contributed by atoms with E-state index in [1.54, 1.807) is 0 Å². The van der Waals surface area contributed by atoms with Crippen LogP contribution in [0.2, 0.25) is 0 Å². The molecule has 0 aliphatic carbocycles. The van der Waals surface area contributed by atoms with Gasteiger partial charge in [-0.15, -0.1) is 0 Å². The molecular weight excluding hydrogens is 120 g/mol. The van der Waals surface area contributed by atoms with Gasteiger partial charge in [0.25, 0.3) is 0 Å². The molecule has 4 heteroatoms. The summed E-state index contributed by atoms with van der Waals surface area (Å²) in [5, 5.41) is 11.5. The highest BCUT2D eigenvalue weighted by Crippen LogP contribution is 2.10. The summed E-state index contributed by atoms with van der Waals surface area (Å²) in [6.45, 7) is 0.510. The number of aliphatic hydroxyl groups excluding tert-OH is 1. The summed E-state index contributed by atoms with van der Waals surface area (Å²) in [4.78, 5) is 10.4. The number of amides is 1. The monoisotopic (exact) mass is 130 g/mol. The number of hydrogen-bond acceptors (Lipinski definition) is 3. The minimum atomic E-state index is -0.539. The van der Waals surface area contributed by atoms with Crippen LogP contribution in [0.15, 0.2) is 0 Å². The molecule has 1 heterocycles. The number of nitrogens with two attached hydrogens (primary N) is 1. The molecule has 2 unspecified atom stereocenters. The maximum absolute atomic E-state index is 10.4. The highest BCUT2D eigenvalue weighted by Gasteiger charge is 2.25. The van der Waals surface area contributed by atoms with E-state index in [0.29, 0.717) is 13.0 Å². The van der Waals surface area contributed by atoms with E-state index < -0.39 is 6.23 Å². The van der Waals surface area contributed by atoms with E-state index in [0.717, 1.165) is 0 Å². The van der Waals surface area contributed by atoms with Crippen LogP contribution < -0.4 is 11.1 Å². The summed E-state index contributed by atoms with van der Waals surface area (Å²) in [6, 6.07) is 0. The largest absolute Gasteiger partial charge is 0.379 e. The van der Waals surface area contributed by atoms with E-state index in [-0.39, 0.29) is 11.8 Å². The molecule has 1 aliphatic heterocycles. The fourth-order valence-corrected chi connectivity index (χ4v) is 0.931. The molecule has 1 aliphatic rings. The van der Waals surface area contributed by atoms with E-state index in [4.69, 9.17) is 10.8 Å². The molecule has 0 spiro atoms. The molecule has 0 bridgehead atoms. The van der Waals surface area contributed by atoms with Crippen molar-refractivity contribution in [3.8, 4) is 0 Å². The Labute approximate surface area is 53.0 Å². The van der Waals surface area contributed by atoms with Crippen LogP contribution >= 0.6 is 0 Å². The van der Waals surface area contributed by atoms with Crippen LogP contribution in [-0.4, -0.2) is 23.8 Å². The number of nitrogens with one attached hydrogen (secondary N) is 1. The van der Waals surface area contributed by atoms with Crippen molar-refractivity contribution in [3.05, 3.63) is 0 Å². The summed E-state index contributed by atoms with van der Waals surface area (Å²) in [5.74, 6) is -0.515. The molecule has 9 heavy (non-hydrogen) atoms. The van der Waals surface area contributed by atoms with Crippen molar-refractivity contribution < 1.29 is 9.90 Å². The van der Waals surface area contributed by atoms with Crippen molar-refractivity contribution in [3.63, 3.8) is 0 Å². The Hall–Kier alpha value is -0.610. The Kier molecular flexibility index (Phi) is 1.68. The Morgan fingerprint density at radius 2 is 2.44 bits per heavy atom. The van der Waals surface area contributed by atoms with Crippen LogP contribution in [0.25, 0.3) is 0 Å². The fourth-order valence-electron chi connectivity index (χ4n) is 0.931. The zero-order valence-electron chi connectivity index (χ0n) is 5.00. The molecule has 0 aromatic heterocycles. The minimum Gasteiger partial charge on any atom is -0.379 e. The Morgan fingerprint density at radius 1 is 1.78 bits per heavy atom. The third-order valence-electron chi connectivity index (χ3n) is 1.51. The number of hydrogen-bond donors (Lipinski definition) is 3. The lowest BCUT2D eigenvalue weighted by molar-refractivity contribution is -0.121. The number of carbonyl (C=O) groups excluding carboxylic acids is 1. The highest BCUT2D eigenvalue weighted by atomic mass is 16.3. The van der Waals surface area contributed by atoms with Gasteiger partial charge in [0.2, 0.25) is 5.91 Å². The molecule has 1 fully saturated rings. The van der Waals surface area contributed by atoms with Crippen LogP contribution in [0.4, 0.5) is 0 Å². The normalized spacial score (nSPS) is 34.8. The SMILES string of the molecule is NC(=O)C1CNC(O)C1. The summed E-state index contributed by atoms with van der Waals surface area (Å²) in [6.07, 6.45) is -0.0856. The first-order valence-electron chi connectivity index (χ1n) is 2.91. The van der Waals surface area contributed by atoms with Crippen molar-refractivity contribution in [1.82, 2.24) is 5.32 Å². The van der Waals surface area contributed by atoms with E-state index in [1.165, 1.54) is 0 Å². The molecule has 1 rings (SSSR count). The quantitative estimate of drug-likeness (QED) is 0.400. The van der Waals surface area contributed by atoms with Crippen LogP contribution in [0.5, 0.6) is 0 Å². The number of carbonyl (C=O) groups is 1. The average molecular weight is 130 g/mol. The van der Waals surface area contributed by atoms with Crippen molar-refractivity contribution >= 4 is 5.91 Å². The first-order valence-corrected chi connectivity index (χ1v) is 2.91. The minimum absolute atomic E-state index is 0.181. The summed E-state index contributed by atoms with van der Waals surface area (Å²) >= 11 is 0. The predicted octanol–water partition coefficient (Wildman–Crippen LogP) is -1.60. The van der Waals surface area contributed by atoms with E-state index >= 15 is 0 Å². The topological polar surface area (TPSA) is 75.4 Å². The molecule has 0 aromatic rings. The summed E-state index contributed by atoms with van der Waals surface area (Å²) < 4.78 is 0. The second-order valence-corrected chi connectivity index (χ2v) is 2.26. The molecule has 1 saturated heterocycles. The third-order valence-corrected chi connectivity index (χ3v) is 1.51. The number of rotatable bonds is 1. The van der Waals surface area contributed by atoms with E-state index in [9.17, 15) is 4.79 Å². The van der Waals surface area contributed by atoms with Gasteiger partial charge in [0.15, 0.2) is 0 Å². The molecule has 1 amide bonds. The molecule has 2 atom stereocenters. The van der Waals surface area contributed by atoms with Gasteiger partial charge in [-0.1, -0.05) is 0 Å². The smallest absolute Gasteiger partial charge is 0.221 e. The van der Waals surface area contributed by atoms with Gasteiger partial charge in [-0.2, -0.15) is 0 Å².